The monoisotopic (exact) mass is 822 g/mol. The predicted molar refractivity (Wildman–Crippen MR) is 201 cm³/mol. The highest BCUT2D eigenvalue weighted by atomic mass is 19.2. The second kappa shape index (κ2) is 17.5. The van der Waals surface area contributed by atoms with Gasteiger partial charge in [0.05, 0.1) is 17.0 Å². The van der Waals surface area contributed by atoms with E-state index in [1.54, 1.807) is 20.8 Å². The van der Waals surface area contributed by atoms with Gasteiger partial charge in [0.25, 0.3) is 0 Å². The Hall–Kier alpha value is -7.17. The Kier molecular flexibility index (Phi) is 12.8. The number of anilines is 4. The molecule has 0 aliphatic carbocycles. The molecule has 304 valence electrons. The van der Waals surface area contributed by atoms with Crippen molar-refractivity contribution >= 4 is 40.9 Å². The van der Waals surface area contributed by atoms with E-state index < -0.39 is 81.4 Å². The number of nitrogens with one attached hydrogen (secondary N) is 1. The van der Waals surface area contributed by atoms with Crippen molar-refractivity contribution in [2.24, 2.45) is 0 Å². The summed E-state index contributed by atoms with van der Waals surface area (Å²) in [4.78, 5) is 45.2. The van der Waals surface area contributed by atoms with Gasteiger partial charge < -0.3 is 15.2 Å². The lowest BCUT2D eigenvalue weighted by molar-refractivity contribution is 0.0594. The molecule has 59 heavy (non-hydrogen) atoms. The van der Waals surface area contributed by atoms with Crippen molar-refractivity contribution in [3.63, 3.8) is 0 Å². The van der Waals surface area contributed by atoms with Gasteiger partial charge in [-0.2, -0.15) is 0 Å². The van der Waals surface area contributed by atoms with E-state index in [-0.39, 0.29) is 45.3 Å². The summed E-state index contributed by atoms with van der Waals surface area (Å²) in [5.74, 6) is -9.97. The molecule has 6 aromatic rings. The predicted octanol–water partition coefficient (Wildman–Crippen LogP) is 11.3. The fraction of sp³-hybridized carbons (Fsp3) is 0.119. The van der Waals surface area contributed by atoms with Crippen molar-refractivity contribution in [2.75, 3.05) is 10.2 Å². The fourth-order valence-electron chi connectivity index (χ4n) is 5.39. The Morgan fingerprint density at radius 1 is 0.627 bits per heavy atom. The molecule has 17 heteroatoms. The first-order valence-electron chi connectivity index (χ1n) is 17.1. The van der Waals surface area contributed by atoms with Gasteiger partial charge in [-0.25, -0.2) is 59.6 Å². The summed E-state index contributed by atoms with van der Waals surface area (Å²) in [6, 6.07) is 16.2. The molecule has 0 fully saturated rings. The van der Waals surface area contributed by atoms with E-state index in [4.69, 9.17) is 4.74 Å². The third-order valence-corrected chi connectivity index (χ3v) is 7.94. The highest BCUT2D eigenvalue weighted by Crippen LogP contribution is 2.35. The largest absolute Gasteiger partial charge is 0.478 e. The zero-order chi connectivity index (χ0) is 43.3. The molecule has 0 saturated carbocycles. The second-order valence-corrected chi connectivity index (χ2v) is 13.4. The van der Waals surface area contributed by atoms with Crippen LogP contribution in [0.2, 0.25) is 0 Å². The number of hydrogen-bond acceptors (Lipinski definition) is 7. The number of nitrogens with zero attached hydrogens (tertiary/aromatic N) is 3. The van der Waals surface area contributed by atoms with Gasteiger partial charge in [0.15, 0.2) is 5.78 Å². The van der Waals surface area contributed by atoms with Crippen LogP contribution in [-0.2, 0) is 4.74 Å². The topological polar surface area (TPSA) is 122 Å². The summed E-state index contributed by atoms with van der Waals surface area (Å²) in [5.41, 5.74) is -3.71. The number of aromatic nitrogens is 2. The van der Waals surface area contributed by atoms with Crippen LogP contribution in [0.5, 0.6) is 0 Å². The number of carboxylic acids is 1. The third kappa shape index (κ3) is 10.0. The maximum Gasteiger partial charge on any atom is 0.420 e. The Bertz CT molecular complexity index is 2560. The number of ketones is 1. The number of carboxylic acid groups (broad SMARTS) is 1. The van der Waals surface area contributed by atoms with Crippen LogP contribution in [-0.4, -0.2) is 38.5 Å². The second-order valence-electron chi connectivity index (χ2n) is 13.4. The molecular formula is C42H30F8N4O5. The number of para-hydroxylation sites is 2. The van der Waals surface area contributed by atoms with Gasteiger partial charge in [-0.3, -0.25) is 4.79 Å². The number of carbonyl (C=O) groups is 3. The summed E-state index contributed by atoms with van der Waals surface area (Å²) in [7, 11) is 0. The number of pyridine rings is 2. The smallest absolute Gasteiger partial charge is 0.420 e. The number of aromatic carboxylic acids is 1. The molecule has 2 heterocycles. The molecule has 1 amide bonds. The molecule has 9 nitrogen and oxygen atoms in total. The van der Waals surface area contributed by atoms with Crippen LogP contribution in [0.4, 0.5) is 62.9 Å². The van der Waals surface area contributed by atoms with Crippen LogP contribution < -0.4 is 10.2 Å². The van der Waals surface area contributed by atoms with Crippen molar-refractivity contribution < 1.29 is 59.4 Å². The van der Waals surface area contributed by atoms with E-state index in [0.717, 1.165) is 60.7 Å². The Morgan fingerprint density at radius 3 is 1.59 bits per heavy atom. The van der Waals surface area contributed by atoms with E-state index in [0.29, 0.717) is 17.0 Å². The van der Waals surface area contributed by atoms with Gasteiger partial charge in [-0.1, -0.05) is 12.1 Å². The number of amides is 1. The summed E-state index contributed by atoms with van der Waals surface area (Å²) >= 11 is 0. The Labute approximate surface area is 330 Å². The normalized spacial score (nSPS) is 11.0. The molecule has 0 unspecified atom stereocenters. The van der Waals surface area contributed by atoms with Crippen LogP contribution in [0.25, 0.3) is 22.5 Å². The van der Waals surface area contributed by atoms with Crippen molar-refractivity contribution in [3.8, 4) is 22.5 Å². The number of hydrogen-bond donors (Lipinski definition) is 2. The third-order valence-electron chi connectivity index (χ3n) is 7.94. The van der Waals surface area contributed by atoms with Gasteiger partial charge in [0.1, 0.15) is 75.1 Å². The Balaban J connectivity index is 0.000000230. The van der Waals surface area contributed by atoms with Crippen molar-refractivity contribution in [1.82, 2.24) is 9.97 Å². The van der Waals surface area contributed by atoms with E-state index in [1.165, 1.54) is 31.2 Å². The molecule has 6 rings (SSSR count). The molecule has 2 N–H and O–H groups in total. The molecule has 0 aliphatic heterocycles. The first kappa shape index (κ1) is 43.0. The highest BCUT2D eigenvalue weighted by Gasteiger charge is 2.31. The number of ether oxygens (including phenoxy) is 1. The van der Waals surface area contributed by atoms with Gasteiger partial charge in [0, 0.05) is 28.8 Å². The molecule has 0 bridgehead atoms. The van der Waals surface area contributed by atoms with Crippen LogP contribution >= 0.6 is 0 Å². The first-order valence-corrected chi connectivity index (χ1v) is 17.1. The molecule has 0 radical (unpaired) electrons. The highest BCUT2D eigenvalue weighted by molar-refractivity contribution is 6.02. The number of halogens is 8. The number of Topliss-reactive ketones (excluding diaryl/α,β-unsaturated/α-hetero) is 1. The zero-order valence-corrected chi connectivity index (χ0v) is 31.2. The van der Waals surface area contributed by atoms with Gasteiger partial charge in [-0.05, 0) is 100 Å². The summed E-state index contributed by atoms with van der Waals surface area (Å²) in [5, 5.41) is 11.7. The molecule has 2 aromatic heterocycles. The standard InChI is InChI=1S/C24H20F4N2O3.C18H10F4N2O2/c1-13(31)15-10-11-20(29-21(15)16-9-8-14(25)12-19(16)28)30(23(32)33-24(2,3)4)22-17(26)6-5-7-18(22)27;19-9-4-5-10(14(22)8-9)16-11(18(25)26)6-7-15(23-16)24-17-12(20)2-1-3-13(17)21/h5-12H,1-4H3;1-8H,(H,23,24)(H,25,26). The lowest BCUT2D eigenvalue weighted by atomic mass is 10.0. The van der Waals surface area contributed by atoms with E-state index in [2.05, 4.69) is 15.3 Å². The average molecular weight is 823 g/mol. The number of carbonyl (C=O) groups excluding carboxylic acids is 2. The quantitative estimate of drug-likeness (QED) is 0.115. The summed E-state index contributed by atoms with van der Waals surface area (Å²) < 4.78 is 117. The Morgan fingerprint density at radius 2 is 1.12 bits per heavy atom. The van der Waals surface area contributed by atoms with Gasteiger partial charge in [-0.15, -0.1) is 0 Å². The van der Waals surface area contributed by atoms with Crippen molar-refractivity contribution in [1.29, 1.82) is 0 Å². The van der Waals surface area contributed by atoms with E-state index in [9.17, 15) is 54.6 Å². The minimum atomic E-state index is -1.39. The molecule has 0 atom stereocenters. The number of benzene rings is 4. The summed E-state index contributed by atoms with van der Waals surface area (Å²) in [6.45, 7) is 5.90. The molecule has 4 aromatic carbocycles. The average Bonchev–Trinajstić information content (AvgIpc) is 3.14. The fourth-order valence-corrected chi connectivity index (χ4v) is 5.39. The van der Waals surface area contributed by atoms with E-state index in [1.807, 2.05) is 0 Å². The minimum Gasteiger partial charge on any atom is -0.478 e. The lowest BCUT2D eigenvalue weighted by Gasteiger charge is -2.27. The van der Waals surface area contributed by atoms with Crippen LogP contribution in [0.3, 0.4) is 0 Å². The van der Waals surface area contributed by atoms with Crippen LogP contribution in [0.1, 0.15) is 48.4 Å². The van der Waals surface area contributed by atoms with Crippen LogP contribution in [0, 0.1) is 46.5 Å². The lowest BCUT2D eigenvalue weighted by Crippen LogP contribution is -2.35. The molecule has 0 saturated heterocycles. The summed E-state index contributed by atoms with van der Waals surface area (Å²) in [6.07, 6.45) is -1.15. The molecule has 0 spiro atoms. The van der Waals surface area contributed by atoms with Crippen LogP contribution in [0.15, 0.2) is 97.1 Å². The maximum absolute atomic E-state index is 14.6. The molecular weight excluding hydrogens is 792 g/mol. The minimum absolute atomic E-state index is 0.0394. The van der Waals surface area contributed by atoms with Gasteiger partial charge in [0.2, 0.25) is 0 Å². The van der Waals surface area contributed by atoms with Gasteiger partial charge >= 0.3 is 12.1 Å². The van der Waals surface area contributed by atoms with E-state index >= 15 is 0 Å². The SMILES string of the molecule is CC(=O)c1ccc(N(C(=O)OC(C)(C)C)c2c(F)cccc2F)nc1-c1ccc(F)cc1F.O=C(O)c1ccc(Nc2c(F)cccc2F)nc1-c1ccc(F)cc1F. The molecule has 0 aliphatic rings. The van der Waals surface area contributed by atoms with Crippen molar-refractivity contribution in [2.45, 2.75) is 33.3 Å². The maximum atomic E-state index is 14.6. The van der Waals surface area contributed by atoms with Crippen molar-refractivity contribution in [3.05, 3.63) is 155 Å². The number of rotatable bonds is 8. The first-order chi connectivity index (χ1) is 27.7. The zero-order valence-electron chi connectivity index (χ0n) is 31.2.